The Morgan fingerprint density at radius 3 is 2.58 bits per heavy atom. The highest BCUT2D eigenvalue weighted by Crippen LogP contribution is 2.39. The Balaban J connectivity index is 1.34. The number of hydrogen-bond donors (Lipinski definition) is 1. The zero-order valence-corrected chi connectivity index (χ0v) is 18.9. The summed E-state index contributed by atoms with van der Waals surface area (Å²) in [5.74, 6) is 0.437. The van der Waals surface area contributed by atoms with Gasteiger partial charge < -0.3 is 19.2 Å². The van der Waals surface area contributed by atoms with Crippen LogP contribution in [0.1, 0.15) is 61.5 Å². The molecule has 1 N–H and O–H groups in total. The maximum absolute atomic E-state index is 13.5. The predicted octanol–water partition coefficient (Wildman–Crippen LogP) is 5.28. The van der Waals surface area contributed by atoms with Crippen LogP contribution in [0.25, 0.3) is 22.7 Å². The van der Waals surface area contributed by atoms with Crippen LogP contribution in [-0.4, -0.2) is 46.5 Å². The van der Waals surface area contributed by atoms with E-state index in [2.05, 4.69) is 19.8 Å². The summed E-state index contributed by atoms with van der Waals surface area (Å²) in [6, 6.07) is 10.3. The van der Waals surface area contributed by atoms with Crippen LogP contribution in [0, 0.1) is 5.82 Å². The van der Waals surface area contributed by atoms with Gasteiger partial charge in [0, 0.05) is 18.2 Å². The van der Waals surface area contributed by atoms with E-state index in [1.165, 1.54) is 50.9 Å². The molecule has 5 rings (SSSR count). The van der Waals surface area contributed by atoms with E-state index in [1.807, 2.05) is 12.4 Å². The second kappa shape index (κ2) is 9.91. The molecule has 2 aromatic heterocycles. The molecule has 1 aliphatic heterocycles. The molecule has 174 valence electrons. The largest absolute Gasteiger partial charge is 0.449 e. The Kier molecular flexibility index (Phi) is 6.58. The van der Waals surface area contributed by atoms with Crippen LogP contribution < -0.4 is 5.32 Å². The highest BCUT2D eigenvalue weighted by atomic mass is 19.1. The Bertz CT molecular complexity index is 1080. The SMILES string of the molecule is O=C(NCCCN1CCCC1)c1ccc(-c2c(-c3ccc(F)cc3)ncn2C2CCCC2)o1. The lowest BCUT2D eigenvalue weighted by atomic mass is 10.1. The normalized spacial score (nSPS) is 17.1. The van der Waals surface area contributed by atoms with Crippen molar-refractivity contribution < 1.29 is 13.6 Å². The number of halogens is 1. The quantitative estimate of drug-likeness (QED) is 0.474. The minimum atomic E-state index is -0.280. The van der Waals surface area contributed by atoms with E-state index in [9.17, 15) is 9.18 Å². The number of rotatable bonds is 8. The first-order valence-corrected chi connectivity index (χ1v) is 12.1. The summed E-state index contributed by atoms with van der Waals surface area (Å²) in [5.41, 5.74) is 2.42. The molecule has 3 aromatic rings. The van der Waals surface area contributed by atoms with Crippen molar-refractivity contribution in [3.8, 4) is 22.7 Å². The fourth-order valence-electron chi connectivity index (χ4n) is 5.07. The minimum Gasteiger partial charge on any atom is -0.449 e. The molecule has 0 unspecified atom stereocenters. The highest BCUT2D eigenvalue weighted by molar-refractivity contribution is 5.92. The number of nitrogens with one attached hydrogen (secondary N) is 1. The van der Waals surface area contributed by atoms with E-state index in [-0.39, 0.29) is 11.7 Å². The Labute approximate surface area is 193 Å². The van der Waals surface area contributed by atoms with Crippen molar-refractivity contribution >= 4 is 5.91 Å². The molecule has 7 heteroatoms. The predicted molar refractivity (Wildman–Crippen MR) is 125 cm³/mol. The molecular formula is C26H31FN4O2. The number of furan rings is 1. The maximum Gasteiger partial charge on any atom is 0.287 e. The first kappa shape index (κ1) is 21.9. The van der Waals surface area contributed by atoms with Gasteiger partial charge in [0.2, 0.25) is 0 Å². The number of aromatic nitrogens is 2. The molecule has 0 atom stereocenters. The van der Waals surface area contributed by atoms with Crippen LogP contribution in [0.15, 0.2) is 47.1 Å². The van der Waals surface area contributed by atoms with Gasteiger partial charge in [-0.3, -0.25) is 4.79 Å². The number of benzene rings is 1. The third kappa shape index (κ3) is 4.88. The summed E-state index contributed by atoms with van der Waals surface area (Å²) >= 11 is 0. The minimum absolute atomic E-state index is 0.196. The fourth-order valence-corrected chi connectivity index (χ4v) is 5.07. The third-order valence-electron chi connectivity index (χ3n) is 6.83. The summed E-state index contributed by atoms with van der Waals surface area (Å²) in [5, 5.41) is 2.98. The van der Waals surface area contributed by atoms with Crippen LogP contribution in [0.4, 0.5) is 4.39 Å². The van der Waals surface area contributed by atoms with Gasteiger partial charge in [-0.25, -0.2) is 9.37 Å². The fraction of sp³-hybridized carbons (Fsp3) is 0.462. The smallest absolute Gasteiger partial charge is 0.287 e. The molecule has 0 spiro atoms. The molecule has 33 heavy (non-hydrogen) atoms. The number of carbonyl (C=O) groups excluding carboxylic acids is 1. The summed E-state index contributed by atoms with van der Waals surface area (Å²) < 4.78 is 21.7. The van der Waals surface area contributed by atoms with Gasteiger partial charge in [0.25, 0.3) is 5.91 Å². The number of carbonyl (C=O) groups is 1. The van der Waals surface area contributed by atoms with Crippen molar-refractivity contribution in [2.24, 2.45) is 0 Å². The van der Waals surface area contributed by atoms with Crippen molar-refractivity contribution in [1.29, 1.82) is 0 Å². The summed E-state index contributed by atoms with van der Waals surface area (Å²) in [6.07, 6.45) is 9.91. The Morgan fingerprint density at radius 2 is 1.82 bits per heavy atom. The van der Waals surface area contributed by atoms with E-state index in [1.54, 1.807) is 18.2 Å². The standard InChI is InChI=1S/C26H31FN4O2/c27-20-10-8-19(9-11-20)24-25(31(18-29-24)21-6-1-2-7-21)22-12-13-23(33-22)26(32)28-14-5-17-30-15-3-4-16-30/h8-13,18,21H,1-7,14-17H2,(H,28,32). The summed E-state index contributed by atoms with van der Waals surface area (Å²) in [6.45, 7) is 3.98. The van der Waals surface area contributed by atoms with Crippen LogP contribution in [0.5, 0.6) is 0 Å². The first-order valence-electron chi connectivity index (χ1n) is 12.1. The molecule has 6 nitrogen and oxygen atoms in total. The van der Waals surface area contributed by atoms with Crippen LogP contribution in [-0.2, 0) is 0 Å². The molecule has 1 saturated carbocycles. The van der Waals surface area contributed by atoms with Crippen LogP contribution in [0.3, 0.4) is 0 Å². The van der Waals surface area contributed by atoms with Gasteiger partial charge in [0.05, 0.1) is 12.0 Å². The number of likely N-dealkylation sites (tertiary alicyclic amines) is 1. The molecule has 1 aromatic carbocycles. The van der Waals surface area contributed by atoms with Gasteiger partial charge in [0.1, 0.15) is 11.5 Å². The van der Waals surface area contributed by atoms with Gasteiger partial charge in [0.15, 0.2) is 11.5 Å². The molecule has 3 heterocycles. The van der Waals surface area contributed by atoms with E-state index in [4.69, 9.17) is 4.42 Å². The zero-order chi connectivity index (χ0) is 22.6. The molecule has 2 aliphatic rings. The van der Waals surface area contributed by atoms with Gasteiger partial charge >= 0.3 is 0 Å². The average Bonchev–Trinajstić information content (AvgIpc) is 3.62. The van der Waals surface area contributed by atoms with E-state index in [0.717, 1.165) is 42.8 Å². The van der Waals surface area contributed by atoms with E-state index < -0.39 is 0 Å². The topological polar surface area (TPSA) is 63.3 Å². The van der Waals surface area contributed by atoms with E-state index >= 15 is 0 Å². The molecular weight excluding hydrogens is 419 g/mol. The van der Waals surface area contributed by atoms with Gasteiger partial charge in [-0.1, -0.05) is 12.8 Å². The van der Waals surface area contributed by atoms with Gasteiger partial charge in [-0.05, 0) is 88.1 Å². The molecule has 1 aliphatic carbocycles. The van der Waals surface area contributed by atoms with Crippen LogP contribution in [0.2, 0.25) is 0 Å². The first-order chi connectivity index (χ1) is 16.2. The number of imidazole rings is 1. The average molecular weight is 451 g/mol. The van der Waals surface area contributed by atoms with Crippen molar-refractivity contribution in [1.82, 2.24) is 19.8 Å². The summed E-state index contributed by atoms with van der Waals surface area (Å²) in [4.78, 5) is 19.8. The zero-order valence-electron chi connectivity index (χ0n) is 18.9. The third-order valence-corrected chi connectivity index (χ3v) is 6.83. The van der Waals surface area contributed by atoms with Crippen molar-refractivity contribution in [2.45, 2.75) is 51.0 Å². The van der Waals surface area contributed by atoms with Crippen molar-refractivity contribution in [3.05, 3.63) is 54.3 Å². The lowest BCUT2D eigenvalue weighted by Gasteiger charge is -2.15. The van der Waals surface area contributed by atoms with Gasteiger partial charge in [-0.2, -0.15) is 0 Å². The Hall–Kier alpha value is -2.93. The van der Waals surface area contributed by atoms with Crippen molar-refractivity contribution in [3.63, 3.8) is 0 Å². The highest BCUT2D eigenvalue weighted by Gasteiger charge is 2.26. The second-order valence-corrected chi connectivity index (χ2v) is 9.12. The molecule has 2 fully saturated rings. The number of nitrogens with zero attached hydrogens (tertiary/aromatic N) is 3. The number of hydrogen-bond acceptors (Lipinski definition) is 4. The van der Waals surface area contributed by atoms with Crippen molar-refractivity contribution in [2.75, 3.05) is 26.2 Å². The van der Waals surface area contributed by atoms with Crippen LogP contribution >= 0.6 is 0 Å². The molecule has 0 bridgehead atoms. The monoisotopic (exact) mass is 450 g/mol. The maximum atomic E-state index is 13.5. The molecule has 1 saturated heterocycles. The summed E-state index contributed by atoms with van der Waals surface area (Å²) in [7, 11) is 0. The lowest BCUT2D eigenvalue weighted by molar-refractivity contribution is 0.0925. The van der Waals surface area contributed by atoms with E-state index in [0.29, 0.717) is 24.1 Å². The van der Waals surface area contributed by atoms with Gasteiger partial charge in [-0.15, -0.1) is 0 Å². The lowest BCUT2D eigenvalue weighted by Crippen LogP contribution is -2.28. The second-order valence-electron chi connectivity index (χ2n) is 9.12. The molecule has 1 amide bonds. The Morgan fingerprint density at radius 1 is 1.06 bits per heavy atom. The molecule has 0 radical (unpaired) electrons. The number of amides is 1.